The zero-order valence-corrected chi connectivity index (χ0v) is 18.1. The SMILES string of the molecule is CCC(CC)CN(CC(=O)OC)Cn1nc2n(C)c(=O)c3ccccc3n2c1=S. The minimum atomic E-state index is -0.302. The summed E-state index contributed by atoms with van der Waals surface area (Å²) in [6, 6.07) is 7.35. The molecule has 8 nitrogen and oxygen atoms in total. The minimum Gasteiger partial charge on any atom is -0.468 e. The second-order valence-electron chi connectivity index (χ2n) is 7.21. The summed E-state index contributed by atoms with van der Waals surface area (Å²) in [5.41, 5.74) is 0.602. The van der Waals surface area contributed by atoms with Crippen LogP contribution in [0.1, 0.15) is 26.7 Å². The second-order valence-corrected chi connectivity index (χ2v) is 7.58. The van der Waals surface area contributed by atoms with Crippen molar-refractivity contribution in [2.24, 2.45) is 13.0 Å². The Hall–Kier alpha value is -2.52. The number of aromatic nitrogens is 4. The van der Waals surface area contributed by atoms with E-state index < -0.39 is 0 Å². The number of hydrogen-bond donors (Lipinski definition) is 0. The van der Waals surface area contributed by atoms with Crippen molar-refractivity contribution >= 4 is 34.9 Å². The van der Waals surface area contributed by atoms with E-state index in [1.165, 1.54) is 11.7 Å². The van der Waals surface area contributed by atoms with E-state index in [1.807, 2.05) is 23.1 Å². The lowest BCUT2D eigenvalue weighted by atomic mass is 10.0. The first-order valence-corrected chi connectivity index (χ1v) is 10.2. The van der Waals surface area contributed by atoms with Crippen molar-refractivity contribution in [1.29, 1.82) is 0 Å². The highest BCUT2D eigenvalue weighted by molar-refractivity contribution is 7.71. The van der Waals surface area contributed by atoms with Crippen molar-refractivity contribution in [3.63, 3.8) is 0 Å². The van der Waals surface area contributed by atoms with Gasteiger partial charge in [-0.2, -0.15) is 0 Å². The average molecular weight is 418 g/mol. The fourth-order valence-corrected chi connectivity index (χ4v) is 3.84. The number of esters is 1. The molecule has 0 amide bonds. The molecule has 0 saturated heterocycles. The molecule has 3 rings (SSSR count). The molecule has 0 aliphatic carbocycles. The number of benzene rings is 1. The van der Waals surface area contributed by atoms with Crippen LogP contribution in [-0.4, -0.2) is 49.8 Å². The number of nitrogens with zero attached hydrogens (tertiary/aromatic N) is 5. The summed E-state index contributed by atoms with van der Waals surface area (Å²) in [7, 11) is 3.07. The van der Waals surface area contributed by atoms with E-state index in [9.17, 15) is 9.59 Å². The van der Waals surface area contributed by atoms with Crippen molar-refractivity contribution in [3.05, 3.63) is 39.4 Å². The molecule has 9 heteroatoms. The van der Waals surface area contributed by atoms with Gasteiger partial charge in [-0.25, -0.2) is 4.68 Å². The lowest BCUT2D eigenvalue weighted by molar-refractivity contribution is -0.142. The van der Waals surface area contributed by atoms with Gasteiger partial charge in [-0.1, -0.05) is 38.8 Å². The molecule has 0 saturated carbocycles. The first kappa shape index (κ1) is 21.2. The quantitative estimate of drug-likeness (QED) is 0.414. The Bertz CT molecular complexity index is 1140. The molecule has 0 atom stereocenters. The lowest BCUT2D eigenvalue weighted by Gasteiger charge is -2.25. The molecule has 2 heterocycles. The summed E-state index contributed by atoms with van der Waals surface area (Å²) in [5, 5.41) is 5.18. The van der Waals surface area contributed by atoms with E-state index in [0.717, 1.165) is 24.9 Å². The normalized spacial score (nSPS) is 11.8. The molecule has 2 aromatic heterocycles. The third kappa shape index (κ3) is 4.11. The van der Waals surface area contributed by atoms with E-state index in [-0.39, 0.29) is 18.1 Å². The Morgan fingerprint density at radius 3 is 2.62 bits per heavy atom. The Morgan fingerprint density at radius 2 is 1.97 bits per heavy atom. The number of methoxy groups -OCH3 is 1. The molecule has 0 bridgehead atoms. The predicted molar refractivity (Wildman–Crippen MR) is 114 cm³/mol. The van der Waals surface area contributed by atoms with Crippen LogP contribution in [0.2, 0.25) is 0 Å². The maximum Gasteiger partial charge on any atom is 0.319 e. The molecule has 3 aromatic rings. The van der Waals surface area contributed by atoms with E-state index in [1.54, 1.807) is 22.2 Å². The van der Waals surface area contributed by atoms with Crippen LogP contribution < -0.4 is 5.56 Å². The standard InChI is InChI=1S/C20H27N5O3S/c1-5-14(6-2)11-23(12-17(26)28-4)13-24-20(29)25-16-10-8-7-9-15(16)18(27)22(3)19(25)21-24/h7-10,14H,5-6,11-13H2,1-4H3. The highest BCUT2D eigenvalue weighted by Gasteiger charge is 2.19. The van der Waals surface area contributed by atoms with Crippen molar-refractivity contribution < 1.29 is 9.53 Å². The summed E-state index contributed by atoms with van der Waals surface area (Å²) in [5.74, 6) is 0.624. The van der Waals surface area contributed by atoms with Crippen LogP contribution in [0.25, 0.3) is 16.7 Å². The number of ether oxygens (including phenoxy) is 1. The first-order chi connectivity index (χ1) is 13.9. The minimum absolute atomic E-state index is 0.122. The number of fused-ring (bicyclic) bond motifs is 3. The molecule has 0 N–H and O–H groups in total. The van der Waals surface area contributed by atoms with E-state index in [4.69, 9.17) is 17.0 Å². The second kappa shape index (κ2) is 8.87. The van der Waals surface area contributed by atoms with Gasteiger partial charge < -0.3 is 4.74 Å². The maximum absolute atomic E-state index is 12.7. The summed E-state index contributed by atoms with van der Waals surface area (Å²) in [4.78, 5) is 26.6. The number of carbonyl (C=O) groups is 1. The molecule has 0 aliphatic rings. The van der Waals surface area contributed by atoms with Gasteiger partial charge in [-0.3, -0.25) is 23.5 Å². The van der Waals surface area contributed by atoms with Crippen molar-refractivity contribution in [1.82, 2.24) is 23.6 Å². The Morgan fingerprint density at radius 1 is 1.28 bits per heavy atom. The average Bonchev–Trinajstić information content (AvgIpc) is 3.06. The van der Waals surface area contributed by atoms with Crippen LogP contribution in [0.5, 0.6) is 0 Å². The highest BCUT2D eigenvalue weighted by atomic mass is 32.1. The smallest absolute Gasteiger partial charge is 0.319 e. The molecule has 0 fully saturated rings. The zero-order valence-electron chi connectivity index (χ0n) is 17.3. The molecule has 0 unspecified atom stereocenters. The van der Waals surface area contributed by atoms with Crippen LogP contribution in [0.15, 0.2) is 29.1 Å². The molecule has 0 spiro atoms. The van der Waals surface area contributed by atoms with Crippen LogP contribution in [0.3, 0.4) is 0 Å². The van der Waals surface area contributed by atoms with Crippen LogP contribution in [-0.2, 0) is 23.2 Å². The summed E-state index contributed by atoms with van der Waals surface area (Å²) < 4.78 is 10.3. The summed E-state index contributed by atoms with van der Waals surface area (Å²) in [6.45, 7) is 5.51. The molecular weight excluding hydrogens is 390 g/mol. The zero-order chi connectivity index (χ0) is 21.1. The maximum atomic E-state index is 12.7. The van der Waals surface area contributed by atoms with Crippen molar-refractivity contribution in [3.8, 4) is 0 Å². The van der Waals surface area contributed by atoms with Gasteiger partial charge in [0, 0.05) is 13.6 Å². The lowest BCUT2D eigenvalue weighted by Crippen LogP contribution is -2.36. The number of rotatable bonds is 8. The number of para-hydroxylation sites is 1. The van der Waals surface area contributed by atoms with Gasteiger partial charge in [0.25, 0.3) is 5.56 Å². The number of aryl methyl sites for hydroxylation is 1. The molecular formula is C20H27N5O3S. The van der Waals surface area contributed by atoms with Gasteiger partial charge in [0.15, 0.2) is 0 Å². The highest BCUT2D eigenvalue weighted by Crippen LogP contribution is 2.15. The van der Waals surface area contributed by atoms with Gasteiger partial charge in [-0.15, -0.1) is 5.10 Å². The third-order valence-corrected chi connectivity index (χ3v) is 5.78. The first-order valence-electron chi connectivity index (χ1n) is 9.77. The Balaban J connectivity index is 2.08. The summed E-state index contributed by atoms with van der Waals surface area (Å²) in [6.07, 6.45) is 2.04. The van der Waals surface area contributed by atoms with Crippen LogP contribution in [0.4, 0.5) is 0 Å². The van der Waals surface area contributed by atoms with E-state index in [2.05, 4.69) is 18.9 Å². The van der Waals surface area contributed by atoms with Gasteiger partial charge in [0.05, 0.1) is 31.2 Å². The number of carbonyl (C=O) groups excluding carboxylic acids is 1. The van der Waals surface area contributed by atoms with Gasteiger partial charge in [0.1, 0.15) is 0 Å². The predicted octanol–water partition coefficient (Wildman–Crippen LogP) is 2.59. The van der Waals surface area contributed by atoms with Gasteiger partial charge >= 0.3 is 5.97 Å². The molecule has 29 heavy (non-hydrogen) atoms. The van der Waals surface area contributed by atoms with Crippen molar-refractivity contribution in [2.45, 2.75) is 33.4 Å². The van der Waals surface area contributed by atoms with Crippen molar-refractivity contribution in [2.75, 3.05) is 20.2 Å². The number of hydrogen-bond acceptors (Lipinski definition) is 6. The van der Waals surface area contributed by atoms with Crippen LogP contribution in [0, 0.1) is 10.7 Å². The third-order valence-electron chi connectivity index (χ3n) is 5.39. The van der Waals surface area contributed by atoms with Gasteiger partial charge in [0.2, 0.25) is 10.5 Å². The molecule has 156 valence electrons. The largest absolute Gasteiger partial charge is 0.468 e. The van der Waals surface area contributed by atoms with Crippen LogP contribution >= 0.6 is 12.2 Å². The Kier molecular flexibility index (Phi) is 6.49. The van der Waals surface area contributed by atoms with E-state index >= 15 is 0 Å². The molecule has 1 aromatic carbocycles. The fraction of sp³-hybridized carbons (Fsp3) is 0.500. The topological polar surface area (TPSA) is 73.8 Å². The van der Waals surface area contributed by atoms with E-state index in [0.29, 0.717) is 28.5 Å². The Labute approximate surface area is 174 Å². The molecule has 0 radical (unpaired) electrons. The van der Waals surface area contributed by atoms with Gasteiger partial charge in [-0.05, 0) is 30.3 Å². The monoisotopic (exact) mass is 417 g/mol. The molecule has 0 aliphatic heterocycles. The fourth-order valence-electron chi connectivity index (χ4n) is 3.56. The summed E-state index contributed by atoms with van der Waals surface area (Å²) >= 11 is 5.69.